The number of carbonyl (C=O) groups excluding carboxylic acids is 2. The van der Waals surface area contributed by atoms with Gasteiger partial charge in [-0.1, -0.05) is 18.2 Å². The third-order valence-electron chi connectivity index (χ3n) is 4.66. The van der Waals surface area contributed by atoms with Gasteiger partial charge in [0.05, 0.1) is 21.3 Å². The van der Waals surface area contributed by atoms with Crippen LogP contribution < -0.4 is 19.1 Å². The van der Waals surface area contributed by atoms with Gasteiger partial charge in [-0.25, -0.2) is 4.79 Å². The molecule has 0 fully saturated rings. The van der Waals surface area contributed by atoms with Crippen LogP contribution in [0.4, 0.5) is 5.69 Å². The highest BCUT2D eigenvalue weighted by atomic mass is 16.5. The molecule has 7 heteroatoms. The van der Waals surface area contributed by atoms with E-state index in [4.69, 9.17) is 18.9 Å². The van der Waals surface area contributed by atoms with E-state index >= 15 is 0 Å². The first kappa shape index (κ1) is 19.5. The number of anilines is 1. The molecular formula is C21H23NO6. The zero-order valence-corrected chi connectivity index (χ0v) is 16.2. The van der Waals surface area contributed by atoms with Crippen molar-refractivity contribution in [1.29, 1.82) is 0 Å². The molecule has 28 heavy (non-hydrogen) atoms. The van der Waals surface area contributed by atoms with Crippen LogP contribution in [0.5, 0.6) is 17.2 Å². The number of ether oxygens (including phenoxy) is 4. The van der Waals surface area contributed by atoms with E-state index in [0.717, 1.165) is 24.1 Å². The lowest BCUT2D eigenvalue weighted by Crippen LogP contribution is -2.38. The predicted molar refractivity (Wildman–Crippen MR) is 103 cm³/mol. The molecule has 0 spiro atoms. The SMILES string of the molecule is COc1ccc(C(=O)OCC(=O)N2CCCc3ccccc32)c(OC)c1OC. The highest BCUT2D eigenvalue weighted by molar-refractivity contribution is 5.99. The third-order valence-corrected chi connectivity index (χ3v) is 4.66. The van der Waals surface area contributed by atoms with Gasteiger partial charge < -0.3 is 23.8 Å². The highest BCUT2D eigenvalue weighted by Gasteiger charge is 2.25. The molecule has 0 unspecified atom stereocenters. The minimum Gasteiger partial charge on any atom is -0.493 e. The average molecular weight is 385 g/mol. The lowest BCUT2D eigenvalue weighted by Gasteiger charge is -2.29. The number of amides is 1. The summed E-state index contributed by atoms with van der Waals surface area (Å²) >= 11 is 0. The van der Waals surface area contributed by atoms with Crippen molar-refractivity contribution in [2.24, 2.45) is 0 Å². The van der Waals surface area contributed by atoms with Gasteiger partial charge in [0.1, 0.15) is 5.56 Å². The molecule has 148 valence electrons. The van der Waals surface area contributed by atoms with Crippen LogP contribution in [0.3, 0.4) is 0 Å². The van der Waals surface area contributed by atoms with Crippen molar-refractivity contribution in [3.8, 4) is 17.2 Å². The van der Waals surface area contributed by atoms with Gasteiger partial charge in [-0.15, -0.1) is 0 Å². The van der Waals surface area contributed by atoms with Crippen LogP contribution in [0, 0.1) is 0 Å². The number of aryl methyl sites for hydroxylation is 1. The van der Waals surface area contributed by atoms with Crippen molar-refractivity contribution in [2.45, 2.75) is 12.8 Å². The molecule has 1 aliphatic rings. The predicted octanol–water partition coefficient (Wildman–Crippen LogP) is 2.85. The molecule has 1 heterocycles. The minimum atomic E-state index is -0.670. The first-order valence-corrected chi connectivity index (χ1v) is 8.95. The Morgan fingerprint density at radius 1 is 0.964 bits per heavy atom. The van der Waals surface area contributed by atoms with Crippen LogP contribution in [-0.2, 0) is 16.0 Å². The number of hydrogen-bond acceptors (Lipinski definition) is 6. The summed E-state index contributed by atoms with van der Waals surface area (Å²) in [5, 5.41) is 0. The molecule has 0 aliphatic carbocycles. The fourth-order valence-electron chi connectivity index (χ4n) is 3.34. The van der Waals surface area contributed by atoms with Crippen molar-refractivity contribution in [1.82, 2.24) is 0 Å². The van der Waals surface area contributed by atoms with Crippen LogP contribution in [-0.4, -0.2) is 46.4 Å². The highest BCUT2D eigenvalue weighted by Crippen LogP contribution is 2.40. The number of fused-ring (bicyclic) bond motifs is 1. The fraction of sp³-hybridized carbons (Fsp3) is 0.333. The molecule has 0 aromatic heterocycles. The van der Waals surface area contributed by atoms with Gasteiger partial charge in [0, 0.05) is 12.2 Å². The molecule has 0 radical (unpaired) electrons. The number of methoxy groups -OCH3 is 3. The summed E-state index contributed by atoms with van der Waals surface area (Å²) in [6, 6.07) is 10.9. The Morgan fingerprint density at radius 2 is 1.71 bits per heavy atom. The standard InChI is InChI=1S/C21H23NO6/c1-25-17-11-10-15(19(26-2)20(17)27-3)21(24)28-13-18(23)22-12-6-8-14-7-4-5-9-16(14)22/h4-5,7,9-11H,6,8,12-13H2,1-3H3. The van der Waals surface area contributed by atoms with E-state index < -0.39 is 5.97 Å². The van der Waals surface area contributed by atoms with E-state index in [1.165, 1.54) is 27.4 Å². The summed E-state index contributed by atoms with van der Waals surface area (Å²) in [5.41, 5.74) is 2.15. The maximum Gasteiger partial charge on any atom is 0.342 e. The smallest absolute Gasteiger partial charge is 0.342 e. The molecule has 0 N–H and O–H groups in total. The topological polar surface area (TPSA) is 74.3 Å². The quantitative estimate of drug-likeness (QED) is 0.712. The number of benzene rings is 2. The van der Waals surface area contributed by atoms with Gasteiger partial charge in [-0.2, -0.15) is 0 Å². The van der Waals surface area contributed by atoms with Crippen LogP contribution in [0.25, 0.3) is 0 Å². The summed E-state index contributed by atoms with van der Waals surface area (Å²) < 4.78 is 21.0. The normalized spacial score (nSPS) is 12.8. The zero-order chi connectivity index (χ0) is 20.1. The number of esters is 1. The molecule has 0 saturated carbocycles. The van der Waals surface area contributed by atoms with Crippen molar-refractivity contribution in [3.05, 3.63) is 47.5 Å². The van der Waals surface area contributed by atoms with Gasteiger partial charge in [0.15, 0.2) is 18.1 Å². The number of carbonyl (C=O) groups is 2. The molecule has 7 nitrogen and oxygen atoms in total. The van der Waals surface area contributed by atoms with Crippen molar-refractivity contribution < 1.29 is 28.5 Å². The summed E-state index contributed by atoms with van der Waals surface area (Å²) in [6.07, 6.45) is 1.81. The Kier molecular flexibility index (Phi) is 6.03. The molecule has 0 atom stereocenters. The van der Waals surface area contributed by atoms with Crippen LogP contribution in [0.15, 0.2) is 36.4 Å². The second kappa shape index (κ2) is 8.65. The van der Waals surface area contributed by atoms with Crippen molar-refractivity contribution >= 4 is 17.6 Å². The molecule has 0 saturated heterocycles. The van der Waals surface area contributed by atoms with E-state index in [1.54, 1.807) is 11.0 Å². The molecule has 2 aromatic carbocycles. The maximum atomic E-state index is 12.6. The summed E-state index contributed by atoms with van der Waals surface area (Å²) in [4.78, 5) is 26.9. The minimum absolute atomic E-state index is 0.159. The van der Waals surface area contributed by atoms with E-state index in [-0.39, 0.29) is 29.6 Å². The van der Waals surface area contributed by atoms with E-state index in [9.17, 15) is 9.59 Å². The third kappa shape index (κ3) is 3.74. The molecule has 0 bridgehead atoms. The van der Waals surface area contributed by atoms with Crippen molar-refractivity contribution in [2.75, 3.05) is 39.4 Å². The summed E-state index contributed by atoms with van der Waals surface area (Å²) in [5.74, 6) is -0.0216. The van der Waals surface area contributed by atoms with E-state index in [0.29, 0.717) is 12.3 Å². The fourth-order valence-corrected chi connectivity index (χ4v) is 3.34. The second-order valence-corrected chi connectivity index (χ2v) is 6.24. The Labute approximate surface area is 163 Å². The van der Waals surface area contributed by atoms with Gasteiger partial charge in [-0.3, -0.25) is 4.79 Å². The number of para-hydroxylation sites is 1. The summed E-state index contributed by atoms with van der Waals surface area (Å²) in [7, 11) is 4.36. The number of hydrogen-bond donors (Lipinski definition) is 0. The van der Waals surface area contributed by atoms with Gasteiger partial charge >= 0.3 is 5.97 Å². The average Bonchev–Trinajstić information content (AvgIpc) is 2.75. The Hall–Kier alpha value is -3.22. The van der Waals surface area contributed by atoms with Gasteiger partial charge in [0.2, 0.25) is 5.75 Å². The van der Waals surface area contributed by atoms with Crippen LogP contribution in [0.1, 0.15) is 22.3 Å². The lowest BCUT2D eigenvalue weighted by atomic mass is 10.0. The van der Waals surface area contributed by atoms with Crippen LogP contribution >= 0.6 is 0 Å². The lowest BCUT2D eigenvalue weighted by molar-refractivity contribution is -0.121. The molecule has 3 rings (SSSR count). The van der Waals surface area contributed by atoms with Gasteiger partial charge in [-0.05, 0) is 36.6 Å². The summed E-state index contributed by atoms with van der Waals surface area (Å²) in [6.45, 7) is 0.248. The van der Waals surface area contributed by atoms with Gasteiger partial charge in [0.25, 0.3) is 5.91 Å². The second-order valence-electron chi connectivity index (χ2n) is 6.24. The Morgan fingerprint density at radius 3 is 2.43 bits per heavy atom. The number of rotatable bonds is 6. The van der Waals surface area contributed by atoms with E-state index in [1.807, 2.05) is 24.3 Å². The van der Waals surface area contributed by atoms with Crippen LogP contribution in [0.2, 0.25) is 0 Å². The first-order chi connectivity index (χ1) is 13.6. The Bertz CT molecular complexity index is 879. The molecule has 1 amide bonds. The maximum absolute atomic E-state index is 12.6. The number of nitrogens with zero attached hydrogens (tertiary/aromatic N) is 1. The van der Waals surface area contributed by atoms with Crippen molar-refractivity contribution in [3.63, 3.8) is 0 Å². The molecule has 1 aliphatic heterocycles. The first-order valence-electron chi connectivity index (χ1n) is 8.95. The zero-order valence-electron chi connectivity index (χ0n) is 16.2. The largest absolute Gasteiger partial charge is 0.493 e. The molecular weight excluding hydrogens is 362 g/mol. The molecule has 2 aromatic rings. The van der Waals surface area contributed by atoms with E-state index in [2.05, 4.69) is 0 Å². The monoisotopic (exact) mass is 385 g/mol. The Balaban J connectivity index is 1.74.